The van der Waals surface area contributed by atoms with Gasteiger partial charge in [0.25, 0.3) is 5.91 Å². The van der Waals surface area contributed by atoms with E-state index in [1.54, 1.807) is 13.0 Å². The van der Waals surface area contributed by atoms with E-state index >= 15 is 0 Å². The van der Waals surface area contributed by atoms with Gasteiger partial charge in [-0.2, -0.15) is 5.26 Å². The largest absolute Gasteiger partial charge is 0.449 e. The highest BCUT2D eigenvalue weighted by molar-refractivity contribution is 7.16. The monoisotopic (exact) mass is 433 g/mol. The maximum Gasteiger partial charge on any atom is 0.339 e. The van der Waals surface area contributed by atoms with Crippen molar-refractivity contribution >= 4 is 39.1 Å². The number of nitrogens with one attached hydrogen (secondary N) is 1. The highest BCUT2D eigenvalue weighted by Gasteiger charge is 2.27. The van der Waals surface area contributed by atoms with Gasteiger partial charge in [-0.1, -0.05) is 25.1 Å². The fourth-order valence-electron chi connectivity index (χ4n) is 3.96. The van der Waals surface area contributed by atoms with Gasteiger partial charge in [0.05, 0.1) is 16.6 Å². The fraction of sp³-hybridized carbons (Fsp3) is 0.333. The van der Waals surface area contributed by atoms with Crippen molar-refractivity contribution in [2.75, 3.05) is 5.32 Å². The molecule has 7 heteroatoms. The van der Waals surface area contributed by atoms with E-state index < -0.39 is 18.0 Å². The smallest absolute Gasteiger partial charge is 0.339 e. The molecule has 1 atom stereocenters. The number of esters is 1. The van der Waals surface area contributed by atoms with E-state index in [1.807, 2.05) is 31.2 Å². The normalized spacial score (nSPS) is 13.8. The standard InChI is InChI=1S/C24H23N3O3S/c1-3-20(22(28)27-23-18(13-25)16-9-5-7-11-21(16)31-23)30-24(29)17-12-14(2)26-19-10-6-4-8-15(17)19/h4,6,8,10,12,20H,3,5,7,9,11H2,1-2H3,(H,27,28)/t20-/m1/s1. The molecule has 0 saturated carbocycles. The van der Waals surface area contributed by atoms with E-state index in [1.165, 1.54) is 16.2 Å². The molecule has 0 unspecified atom stereocenters. The number of amides is 1. The van der Waals surface area contributed by atoms with Crippen LogP contribution in [0.25, 0.3) is 10.9 Å². The molecule has 31 heavy (non-hydrogen) atoms. The van der Waals surface area contributed by atoms with Crippen molar-refractivity contribution in [2.45, 2.75) is 52.1 Å². The number of para-hydroxylation sites is 1. The average molecular weight is 434 g/mol. The van der Waals surface area contributed by atoms with Crippen LogP contribution in [0.4, 0.5) is 5.00 Å². The molecule has 1 amide bonds. The van der Waals surface area contributed by atoms with E-state index in [-0.39, 0.29) is 0 Å². The first-order chi connectivity index (χ1) is 15.0. The first-order valence-corrected chi connectivity index (χ1v) is 11.3. The molecule has 0 fully saturated rings. The summed E-state index contributed by atoms with van der Waals surface area (Å²) >= 11 is 1.46. The number of pyridine rings is 1. The number of rotatable bonds is 5. The maximum atomic E-state index is 12.9. The molecule has 0 radical (unpaired) electrons. The second-order valence-electron chi connectivity index (χ2n) is 7.65. The van der Waals surface area contributed by atoms with Gasteiger partial charge in [-0.15, -0.1) is 11.3 Å². The average Bonchev–Trinajstić information content (AvgIpc) is 3.13. The summed E-state index contributed by atoms with van der Waals surface area (Å²) in [6.07, 6.45) is 3.33. The summed E-state index contributed by atoms with van der Waals surface area (Å²) in [6.45, 7) is 3.60. The van der Waals surface area contributed by atoms with Gasteiger partial charge in [0, 0.05) is 16.0 Å². The molecule has 2 heterocycles. The van der Waals surface area contributed by atoms with Gasteiger partial charge in [0.2, 0.25) is 0 Å². The Morgan fingerprint density at radius 2 is 2.06 bits per heavy atom. The van der Waals surface area contributed by atoms with E-state index in [9.17, 15) is 14.9 Å². The van der Waals surface area contributed by atoms with E-state index in [0.29, 0.717) is 39.1 Å². The molecule has 1 aliphatic rings. The zero-order chi connectivity index (χ0) is 22.0. The minimum absolute atomic E-state index is 0.326. The van der Waals surface area contributed by atoms with Crippen molar-refractivity contribution in [3.05, 3.63) is 57.6 Å². The molecule has 1 N–H and O–H groups in total. The lowest BCUT2D eigenvalue weighted by atomic mass is 9.96. The molecule has 6 nitrogen and oxygen atoms in total. The van der Waals surface area contributed by atoms with Gasteiger partial charge < -0.3 is 10.1 Å². The third-order valence-corrected chi connectivity index (χ3v) is 6.70. The van der Waals surface area contributed by atoms with Gasteiger partial charge in [-0.05, 0) is 56.7 Å². The summed E-state index contributed by atoms with van der Waals surface area (Å²) in [5, 5.41) is 13.7. The van der Waals surface area contributed by atoms with Crippen molar-refractivity contribution in [3.63, 3.8) is 0 Å². The highest BCUT2D eigenvalue weighted by Crippen LogP contribution is 2.37. The zero-order valence-electron chi connectivity index (χ0n) is 17.5. The van der Waals surface area contributed by atoms with Crippen molar-refractivity contribution in [2.24, 2.45) is 0 Å². The highest BCUT2D eigenvalue weighted by atomic mass is 32.1. The molecule has 1 aliphatic carbocycles. The summed E-state index contributed by atoms with van der Waals surface area (Å²) < 4.78 is 5.60. The van der Waals surface area contributed by atoms with Crippen LogP contribution in [-0.2, 0) is 22.4 Å². The summed E-state index contributed by atoms with van der Waals surface area (Å²) in [4.78, 5) is 31.5. The van der Waals surface area contributed by atoms with Crippen molar-refractivity contribution in [1.82, 2.24) is 4.98 Å². The first-order valence-electron chi connectivity index (χ1n) is 10.4. The number of carbonyl (C=O) groups excluding carboxylic acids is 2. The number of thiophene rings is 1. The molecule has 0 bridgehead atoms. The summed E-state index contributed by atoms with van der Waals surface area (Å²) in [6, 6.07) is 11.3. The number of carbonyl (C=O) groups is 2. The second kappa shape index (κ2) is 8.86. The molecule has 0 spiro atoms. The van der Waals surface area contributed by atoms with Gasteiger partial charge in [0.15, 0.2) is 6.10 Å². The Morgan fingerprint density at radius 1 is 1.29 bits per heavy atom. The third-order valence-electron chi connectivity index (χ3n) is 5.50. The number of nitriles is 1. The second-order valence-corrected chi connectivity index (χ2v) is 8.75. The molecule has 3 aromatic rings. The van der Waals surface area contributed by atoms with Crippen LogP contribution >= 0.6 is 11.3 Å². The van der Waals surface area contributed by atoms with Crippen LogP contribution in [0.15, 0.2) is 30.3 Å². The predicted octanol–water partition coefficient (Wildman–Crippen LogP) is 4.93. The predicted molar refractivity (Wildman–Crippen MR) is 120 cm³/mol. The van der Waals surface area contributed by atoms with E-state index in [0.717, 1.165) is 31.2 Å². The molecule has 0 aliphatic heterocycles. The Hall–Kier alpha value is -3.24. The number of ether oxygens (including phenoxy) is 1. The van der Waals surface area contributed by atoms with Gasteiger partial charge >= 0.3 is 5.97 Å². The molecular weight excluding hydrogens is 410 g/mol. The van der Waals surface area contributed by atoms with E-state index in [4.69, 9.17) is 4.74 Å². The van der Waals surface area contributed by atoms with Crippen molar-refractivity contribution < 1.29 is 14.3 Å². The summed E-state index contributed by atoms with van der Waals surface area (Å²) in [5.41, 5.74) is 3.39. The van der Waals surface area contributed by atoms with Crippen LogP contribution < -0.4 is 5.32 Å². The lowest BCUT2D eigenvalue weighted by molar-refractivity contribution is -0.124. The lowest BCUT2D eigenvalue weighted by Gasteiger charge is -2.16. The third kappa shape index (κ3) is 4.17. The molecule has 1 aromatic carbocycles. The Bertz CT molecular complexity index is 1210. The van der Waals surface area contributed by atoms with Crippen LogP contribution in [0.1, 0.15) is 58.2 Å². The van der Waals surface area contributed by atoms with Gasteiger partial charge in [-0.25, -0.2) is 4.79 Å². The molecule has 158 valence electrons. The Kier molecular flexibility index (Phi) is 6.01. The Labute approximate surface area is 184 Å². The van der Waals surface area contributed by atoms with Gasteiger partial charge in [0.1, 0.15) is 11.1 Å². The number of hydrogen-bond donors (Lipinski definition) is 1. The number of nitrogens with zero attached hydrogens (tertiary/aromatic N) is 2. The molecule has 4 rings (SSSR count). The van der Waals surface area contributed by atoms with E-state index in [2.05, 4.69) is 16.4 Å². The number of fused-ring (bicyclic) bond motifs is 2. The number of anilines is 1. The van der Waals surface area contributed by atoms with Crippen LogP contribution in [0, 0.1) is 18.3 Å². The van der Waals surface area contributed by atoms with Gasteiger partial charge in [-0.3, -0.25) is 9.78 Å². The minimum atomic E-state index is -0.953. The minimum Gasteiger partial charge on any atom is -0.449 e. The SMILES string of the molecule is CC[C@@H](OC(=O)c1cc(C)nc2ccccc12)C(=O)Nc1sc2c(c1C#N)CCCC2. The molecule has 0 saturated heterocycles. The topological polar surface area (TPSA) is 92.1 Å². The number of benzene rings is 1. The lowest BCUT2D eigenvalue weighted by Crippen LogP contribution is -2.32. The summed E-state index contributed by atoms with van der Waals surface area (Å²) in [5.74, 6) is -0.976. The Morgan fingerprint density at radius 3 is 2.84 bits per heavy atom. The number of aromatic nitrogens is 1. The van der Waals surface area contributed by atoms with Crippen molar-refractivity contribution in [3.8, 4) is 6.07 Å². The molecular formula is C24H23N3O3S. The molecule has 2 aromatic heterocycles. The maximum absolute atomic E-state index is 12.9. The van der Waals surface area contributed by atoms with Crippen molar-refractivity contribution in [1.29, 1.82) is 5.26 Å². The van der Waals surface area contributed by atoms with Crippen LogP contribution in [0.2, 0.25) is 0 Å². The quantitative estimate of drug-likeness (QED) is 0.576. The Balaban J connectivity index is 1.55. The van der Waals surface area contributed by atoms with Crippen LogP contribution in [-0.4, -0.2) is 23.0 Å². The summed E-state index contributed by atoms with van der Waals surface area (Å²) in [7, 11) is 0. The fourth-order valence-corrected chi connectivity index (χ4v) is 5.20. The number of aryl methyl sites for hydroxylation is 2. The number of hydrogen-bond acceptors (Lipinski definition) is 6. The zero-order valence-corrected chi connectivity index (χ0v) is 18.3. The van der Waals surface area contributed by atoms with Crippen LogP contribution in [0.3, 0.4) is 0 Å². The first kappa shape index (κ1) is 21.0. The van der Waals surface area contributed by atoms with Crippen LogP contribution in [0.5, 0.6) is 0 Å².